The molecule has 104 valence electrons. The van der Waals surface area contributed by atoms with Crippen molar-refractivity contribution in [2.45, 2.75) is 32.7 Å². The van der Waals surface area contributed by atoms with E-state index in [4.69, 9.17) is 10.9 Å². The maximum atomic E-state index is 12.5. The topological polar surface area (TPSA) is 78.9 Å². The summed E-state index contributed by atoms with van der Waals surface area (Å²) in [6.07, 6.45) is 2.33. The summed E-state index contributed by atoms with van der Waals surface area (Å²) >= 11 is 1.74. The van der Waals surface area contributed by atoms with Crippen molar-refractivity contribution in [1.82, 2.24) is 4.90 Å². The Kier molecular flexibility index (Phi) is 4.42. The Morgan fingerprint density at radius 3 is 3.16 bits per heavy atom. The number of fused-ring (bicyclic) bond motifs is 1. The highest BCUT2D eigenvalue weighted by Gasteiger charge is 2.29. The van der Waals surface area contributed by atoms with Crippen LogP contribution < -0.4 is 5.73 Å². The molecule has 0 aliphatic carbocycles. The van der Waals surface area contributed by atoms with Crippen LogP contribution in [0.2, 0.25) is 0 Å². The van der Waals surface area contributed by atoms with Crippen molar-refractivity contribution in [2.24, 2.45) is 16.8 Å². The molecule has 5 nitrogen and oxygen atoms in total. The fourth-order valence-electron chi connectivity index (χ4n) is 2.41. The molecule has 6 heteroatoms. The van der Waals surface area contributed by atoms with E-state index in [1.165, 1.54) is 10.4 Å². The first-order valence-electron chi connectivity index (χ1n) is 6.48. The first-order valence-corrected chi connectivity index (χ1v) is 7.36. The molecule has 1 aliphatic heterocycles. The molecule has 0 bridgehead atoms. The number of amidine groups is 1. The number of carbonyl (C=O) groups is 1. The summed E-state index contributed by atoms with van der Waals surface area (Å²) in [5.74, 6) is -0.521. The van der Waals surface area contributed by atoms with Crippen LogP contribution in [0.3, 0.4) is 0 Å². The van der Waals surface area contributed by atoms with Gasteiger partial charge in [0.1, 0.15) is 0 Å². The van der Waals surface area contributed by atoms with Gasteiger partial charge < -0.3 is 15.8 Å². The smallest absolute Gasteiger partial charge is 0.233 e. The molecular weight excluding hydrogens is 262 g/mol. The lowest BCUT2D eigenvalue weighted by molar-refractivity contribution is -0.134. The summed E-state index contributed by atoms with van der Waals surface area (Å²) < 4.78 is 0. The molecule has 0 saturated heterocycles. The van der Waals surface area contributed by atoms with E-state index in [-0.39, 0.29) is 11.7 Å². The minimum atomic E-state index is -0.504. The monoisotopic (exact) mass is 281 g/mol. The quantitative estimate of drug-likeness (QED) is 0.382. The van der Waals surface area contributed by atoms with Gasteiger partial charge in [0.2, 0.25) is 5.91 Å². The van der Waals surface area contributed by atoms with Gasteiger partial charge in [-0.15, -0.1) is 11.3 Å². The van der Waals surface area contributed by atoms with Crippen molar-refractivity contribution in [3.63, 3.8) is 0 Å². The predicted molar refractivity (Wildman–Crippen MR) is 75.2 cm³/mol. The van der Waals surface area contributed by atoms with Crippen LogP contribution in [0.1, 0.15) is 30.2 Å². The molecule has 0 aromatic carbocycles. The molecule has 0 fully saturated rings. The Morgan fingerprint density at radius 1 is 1.68 bits per heavy atom. The summed E-state index contributed by atoms with van der Waals surface area (Å²) in [6, 6.07) is 2.07. The molecule has 19 heavy (non-hydrogen) atoms. The molecular formula is C13H19N3O2S. The largest absolute Gasteiger partial charge is 0.409 e. The first kappa shape index (κ1) is 13.9. The molecule has 1 atom stereocenters. The second kappa shape index (κ2) is 6.06. The molecule has 0 radical (unpaired) electrons. The van der Waals surface area contributed by atoms with Gasteiger partial charge in [-0.25, -0.2) is 0 Å². The van der Waals surface area contributed by atoms with Crippen molar-refractivity contribution < 1.29 is 10.0 Å². The van der Waals surface area contributed by atoms with Gasteiger partial charge in [-0.05, 0) is 29.9 Å². The molecule has 1 amide bonds. The van der Waals surface area contributed by atoms with Crippen LogP contribution in [0.4, 0.5) is 0 Å². The highest BCUT2D eigenvalue weighted by Crippen LogP contribution is 2.25. The van der Waals surface area contributed by atoms with Gasteiger partial charge in [0.25, 0.3) is 0 Å². The molecule has 1 aliphatic rings. The minimum Gasteiger partial charge on any atom is -0.409 e. The SMILES string of the molecule is CCCC(C(=O)N1CCc2sccc2C1)C(N)=NO. The van der Waals surface area contributed by atoms with E-state index in [1.807, 2.05) is 11.8 Å². The Labute approximate surface area is 116 Å². The molecule has 1 aromatic rings. The first-order chi connectivity index (χ1) is 9.17. The van der Waals surface area contributed by atoms with Crippen molar-refractivity contribution in [3.8, 4) is 0 Å². The van der Waals surface area contributed by atoms with E-state index in [9.17, 15) is 4.79 Å². The van der Waals surface area contributed by atoms with Crippen molar-refractivity contribution in [3.05, 3.63) is 21.9 Å². The minimum absolute atomic E-state index is 0.0166. The van der Waals surface area contributed by atoms with Crippen LogP contribution >= 0.6 is 11.3 Å². The molecule has 0 spiro atoms. The predicted octanol–water partition coefficient (Wildman–Crippen LogP) is 1.80. The summed E-state index contributed by atoms with van der Waals surface area (Å²) in [5.41, 5.74) is 6.86. The zero-order valence-corrected chi connectivity index (χ0v) is 11.8. The summed E-state index contributed by atoms with van der Waals surface area (Å²) in [6.45, 7) is 3.33. The number of nitrogens with two attached hydrogens (primary N) is 1. The van der Waals surface area contributed by atoms with E-state index in [0.29, 0.717) is 19.5 Å². The number of nitrogens with zero attached hydrogens (tertiary/aromatic N) is 2. The highest BCUT2D eigenvalue weighted by molar-refractivity contribution is 7.10. The lowest BCUT2D eigenvalue weighted by Crippen LogP contribution is -2.43. The number of rotatable bonds is 4. The lowest BCUT2D eigenvalue weighted by Gasteiger charge is -2.30. The van der Waals surface area contributed by atoms with Crippen LogP contribution in [0, 0.1) is 5.92 Å². The molecule has 3 N–H and O–H groups in total. The zero-order chi connectivity index (χ0) is 13.8. The van der Waals surface area contributed by atoms with Gasteiger partial charge in [0.05, 0.1) is 5.92 Å². The van der Waals surface area contributed by atoms with Crippen molar-refractivity contribution in [2.75, 3.05) is 6.54 Å². The third-order valence-corrected chi connectivity index (χ3v) is 4.49. The molecule has 2 rings (SSSR count). The summed E-state index contributed by atoms with van der Waals surface area (Å²) in [4.78, 5) is 15.7. The lowest BCUT2D eigenvalue weighted by atomic mass is 9.99. The molecule has 1 unspecified atom stereocenters. The molecule has 1 aromatic heterocycles. The fraction of sp³-hybridized carbons (Fsp3) is 0.538. The summed E-state index contributed by atoms with van der Waals surface area (Å²) in [7, 11) is 0. The number of hydrogen-bond donors (Lipinski definition) is 2. The van der Waals surface area contributed by atoms with Crippen LogP contribution in [-0.4, -0.2) is 28.4 Å². The van der Waals surface area contributed by atoms with E-state index in [1.54, 1.807) is 11.3 Å². The van der Waals surface area contributed by atoms with Crippen LogP contribution in [-0.2, 0) is 17.8 Å². The average molecular weight is 281 g/mol. The number of thiophene rings is 1. The zero-order valence-electron chi connectivity index (χ0n) is 11.0. The Bertz CT molecular complexity index is 484. The number of carbonyl (C=O) groups excluding carboxylic acids is 1. The van der Waals surface area contributed by atoms with E-state index >= 15 is 0 Å². The van der Waals surface area contributed by atoms with Gasteiger partial charge >= 0.3 is 0 Å². The molecule has 0 saturated carbocycles. The third kappa shape index (κ3) is 2.89. The average Bonchev–Trinajstić information content (AvgIpc) is 2.90. The fourth-order valence-corrected chi connectivity index (χ4v) is 3.30. The highest BCUT2D eigenvalue weighted by atomic mass is 32.1. The normalized spacial score (nSPS) is 17.1. The van der Waals surface area contributed by atoms with E-state index in [2.05, 4.69) is 16.6 Å². The van der Waals surface area contributed by atoms with Crippen LogP contribution in [0.15, 0.2) is 16.6 Å². The third-order valence-electron chi connectivity index (χ3n) is 3.47. The second-order valence-corrected chi connectivity index (χ2v) is 5.75. The maximum absolute atomic E-state index is 12.5. The van der Waals surface area contributed by atoms with Gasteiger partial charge in [0.15, 0.2) is 5.84 Å². The second-order valence-electron chi connectivity index (χ2n) is 4.74. The number of amides is 1. The number of hydrogen-bond acceptors (Lipinski definition) is 4. The Balaban J connectivity index is 2.11. The van der Waals surface area contributed by atoms with E-state index < -0.39 is 5.92 Å². The summed E-state index contributed by atoms with van der Waals surface area (Å²) in [5, 5.41) is 13.9. The number of oxime groups is 1. The molecule has 2 heterocycles. The van der Waals surface area contributed by atoms with Crippen LogP contribution in [0.25, 0.3) is 0 Å². The van der Waals surface area contributed by atoms with Gasteiger partial charge in [0, 0.05) is 18.0 Å². The van der Waals surface area contributed by atoms with Gasteiger partial charge in [-0.3, -0.25) is 4.79 Å². The van der Waals surface area contributed by atoms with Crippen molar-refractivity contribution in [1.29, 1.82) is 0 Å². The van der Waals surface area contributed by atoms with Gasteiger partial charge in [-0.2, -0.15) is 0 Å². The van der Waals surface area contributed by atoms with Crippen LogP contribution in [0.5, 0.6) is 0 Å². The van der Waals surface area contributed by atoms with Gasteiger partial charge in [-0.1, -0.05) is 18.5 Å². The maximum Gasteiger partial charge on any atom is 0.233 e. The standard InChI is InChI=1S/C13H19N3O2S/c1-2-3-10(12(14)15-18)13(17)16-6-4-11-9(8-16)5-7-19-11/h5,7,10,18H,2-4,6,8H2,1H3,(H2,14,15). The van der Waals surface area contributed by atoms with Crippen molar-refractivity contribution >= 4 is 23.1 Å². The Hall–Kier alpha value is -1.56. The Morgan fingerprint density at radius 2 is 2.47 bits per heavy atom. The van der Waals surface area contributed by atoms with E-state index in [0.717, 1.165) is 12.8 Å².